The Morgan fingerprint density at radius 3 is 2.43 bits per heavy atom. The summed E-state index contributed by atoms with van der Waals surface area (Å²) in [4.78, 5) is 31.5. The maximum absolute atomic E-state index is 13.2. The zero-order valence-corrected chi connectivity index (χ0v) is 17.0. The molecular formula is C23H22N4O3. The second-order valence-corrected chi connectivity index (χ2v) is 7.39. The molecule has 0 aliphatic heterocycles. The van der Waals surface area contributed by atoms with E-state index in [1.807, 2.05) is 62.3 Å². The van der Waals surface area contributed by atoms with Crippen molar-refractivity contribution in [2.24, 2.45) is 0 Å². The number of nitrogens with zero attached hydrogens (tertiary/aromatic N) is 3. The average Bonchev–Trinajstić information content (AvgIpc) is 2.71. The molecule has 4 rings (SSSR count). The number of anilines is 3. The first-order chi connectivity index (χ1) is 14.4. The molecule has 0 saturated carbocycles. The normalized spacial score (nSPS) is 11.0. The Morgan fingerprint density at radius 1 is 1.07 bits per heavy atom. The molecule has 2 aromatic heterocycles. The highest BCUT2D eigenvalue weighted by Crippen LogP contribution is 2.31. The van der Waals surface area contributed by atoms with Crippen LogP contribution in [0.15, 0.2) is 59.4 Å². The summed E-state index contributed by atoms with van der Waals surface area (Å²) in [6, 6.07) is 16.6. The van der Waals surface area contributed by atoms with Crippen LogP contribution in [0.3, 0.4) is 0 Å². The van der Waals surface area contributed by atoms with Crippen molar-refractivity contribution in [2.75, 3.05) is 24.3 Å². The largest absolute Gasteiger partial charge is 0.480 e. The Labute approximate surface area is 173 Å². The Kier molecular flexibility index (Phi) is 4.87. The minimum atomic E-state index is -1.00. The zero-order valence-electron chi connectivity index (χ0n) is 17.0. The molecule has 4 aromatic rings. The van der Waals surface area contributed by atoms with Crippen LogP contribution in [0.4, 0.5) is 17.2 Å². The zero-order chi connectivity index (χ0) is 21.4. The highest BCUT2D eigenvalue weighted by atomic mass is 16.4. The fourth-order valence-electron chi connectivity index (χ4n) is 3.81. The second-order valence-electron chi connectivity index (χ2n) is 7.39. The second kappa shape index (κ2) is 7.51. The number of rotatable bonds is 5. The maximum Gasteiger partial charge on any atom is 0.323 e. The van der Waals surface area contributed by atoms with Crippen LogP contribution >= 0.6 is 0 Å². The van der Waals surface area contributed by atoms with Crippen molar-refractivity contribution >= 4 is 45.1 Å². The third-order valence-corrected chi connectivity index (χ3v) is 5.03. The molecule has 30 heavy (non-hydrogen) atoms. The highest BCUT2D eigenvalue weighted by Gasteiger charge is 2.19. The van der Waals surface area contributed by atoms with Crippen molar-refractivity contribution in [3.63, 3.8) is 0 Å². The van der Waals surface area contributed by atoms with Gasteiger partial charge in [-0.05, 0) is 42.8 Å². The number of carboxylic acids is 1. The fourth-order valence-corrected chi connectivity index (χ4v) is 3.81. The molecule has 7 heteroatoms. The molecule has 0 unspecified atom stereocenters. The summed E-state index contributed by atoms with van der Waals surface area (Å²) in [6.07, 6.45) is 0. The molecule has 0 radical (unpaired) electrons. The predicted molar refractivity (Wildman–Crippen MR) is 120 cm³/mol. The molecule has 0 spiro atoms. The van der Waals surface area contributed by atoms with E-state index in [1.165, 1.54) is 0 Å². The number of nitrogens with one attached hydrogen (secondary N) is 1. The van der Waals surface area contributed by atoms with E-state index in [2.05, 4.69) is 10.3 Å². The van der Waals surface area contributed by atoms with E-state index < -0.39 is 5.97 Å². The number of hydrogen-bond donors (Lipinski definition) is 2. The topological polar surface area (TPSA) is 87.5 Å². The van der Waals surface area contributed by atoms with Gasteiger partial charge in [-0.3, -0.25) is 9.59 Å². The number of carbonyl (C=O) groups is 1. The van der Waals surface area contributed by atoms with Gasteiger partial charge in [-0.2, -0.15) is 0 Å². The van der Waals surface area contributed by atoms with E-state index in [0.717, 1.165) is 16.9 Å². The van der Waals surface area contributed by atoms with Crippen LogP contribution in [0.2, 0.25) is 0 Å². The lowest BCUT2D eigenvalue weighted by atomic mass is 10.1. The van der Waals surface area contributed by atoms with Crippen molar-refractivity contribution in [3.8, 4) is 0 Å². The minimum Gasteiger partial charge on any atom is -0.480 e. The highest BCUT2D eigenvalue weighted by molar-refractivity contribution is 6.00. The van der Waals surface area contributed by atoms with Gasteiger partial charge in [-0.15, -0.1) is 0 Å². The number of pyridine rings is 2. The molecule has 0 atom stereocenters. The number of fused-ring (bicyclic) bond motifs is 2. The van der Waals surface area contributed by atoms with E-state index in [9.17, 15) is 14.7 Å². The van der Waals surface area contributed by atoms with Gasteiger partial charge in [0.2, 0.25) is 0 Å². The van der Waals surface area contributed by atoms with Crippen LogP contribution in [0.25, 0.3) is 21.9 Å². The summed E-state index contributed by atoms with van der Waals surface area (Å²) < 4.78 is 1.62. The lowest BCUT2D eigenvalue weighted by Gasteiger charge is -2.22. The van der Waals surface area contributed by atoms with Crippen molar-refractivity contribution in [3.05, 3.63) is 70.4 Å². The maximum atomic E-state index is 13.2. The third-order valence-electron chi connectivity index (χ3n) is 5.03. The molecule has 152 valence electrons. The van der Waals surface area contributed by atoms with E-state index in [4.69, 9.17) is 0 Å². The predicted octanol–water partition coefficient (Wildman–Crippen LogP) is 3.75. The Bertz CT molecular complexity index is 1330. The van der Waals surface area contributed by atoms with Crippen molar-refractivity contribution in [1.29, 1.82) is 0 Å². The summed E-state index contributed by atoms with van der Waals surface area (Å²) in [5.41, 5.74) is 3.35. The number of carboxylic acid groups (broad SMARTS) is 1. The number of hydrogen-bond acceptors (Lipinski definition) is 5. The molecule has 2 N–H and O–H groups in total. The van der Waals surface area contributed by atoms with Crippen molar-refractivity contribution in [1.82, 2.24) is 9.55 Å². The first-order valence-corrected chi connectivity index (χ1v) is 9.55. The van der Waals surface area contributed by atoms with Gasteiger partial charge < -0.3 is 19.9 Å². The number of aliphatic carboxylic acids is 1. The Balaban J connectivity index is 2.07. The lowest BCUT2D eigenvalue weighted by molar-refractivity contribution is -0.137. The molecule has 0 amide bonds. The molecule has 0 aliphatic rings. The van der Waals surface area contributed by atoms with E-state index in [-0.39, 0.29) is 12.0 Å². The minimum absolute atomic E-state index is 0.163. The van der Waals surface area contributed by atoms with Gasteiger partial charge >= 0.3 is 5.97 Å². The third kappa shape index (κ3) is 3.34. The van der Waals surface area contributed by atoms with E-state index in [1.54, 1.807) is 22.8 Å². The molecule has 0 aliphatic carbocycles. The van der Waals surface area contributed by atoms with Crippen molar-refractivity contribution in [2.45, 2.75) is 13.5 Å². The summed E-state index contributed by atoms with van der Waals surface area (Å²) in [6.45, 7) is 1.63. The standard InChI is InChI=1S/C23H22N4O3/c1-14-9-10-16-21(20(14)26(2)3)27(13-19(28)29)23-17(22(16)30)11-12-18(25-23)24-15-7-5-4-6-8-15/h4-12H,13H2,1-3H3,(H,24,25)(H,28,29). The molecule has 0 fully saturated rings. The Hall–Kier alpha value is -3.87. The van der Waals surface area contributed by atoms with Gasteiger partial charge in [0, 0.05) is 25.2 Å². The first-order valence-electron chi connectivity index (χ1n) is 9.55. The van der Waals surface area contributed by atoms with Crippen LogP contribution in [-0.2, 0) is 11.3 Å². The lowest BCUT2D eigenvalue weighted by Crippen LogP contribution is -2.21. The van der Waals surface area contributed by atoms with Crippen LogP contribution < -0.4 is 15.6 Å². The quantitative estimate of drug-likeness (QED) is 0.495. The number of para-hydroxylation sites is 1. The smallest absolute Gasteiger partial charge is 0.323 e. The van der Waals surface area contributed by atoms with Crippen LogP contribution in [0, 0.1) is 6.92 Å². The molecular weight excluding hydrogens is 380 g/mol. The Morgan fingerprint density at radius 2 is 1.77 bits per heavy atom. The number of aromatic nitrogens is 2. The number of benzene rings is 2. The van der Waals surface area contributed by atoms with Gasteiger partial charge in [0.15, 0.2) is 5.43 Å². The fraction of sp³-hybridized carbons (Fsp3) is 0.174. The molecule has 0 saturated heterocycles. The molecule has 7 nitrogen and oxygen atoms in total. The number of aryl methyl sites for hydroxylation is 1. The van der Waals surface area contributed by atoms with Crippen molar-refractivity contribution < 1.29 is 9.90 Å². The molecule has 0 bridgehead atoms. The first kappa shape index (κ1) is 19.4. The van der Waals surface area contributed by atoms with Crippen LogP contribution in [0.1, 0.15) is 5.56 Å². The van der Waals surface area contributed by atoms with Gasteiger partial charge in [-0.25, -0.2) is 4.98 Å². The van der Waals surface area contributed by atoms with Crippen LogP contribution in [-0.4, -0.2) is 34.7 Å². The van der Waals surface area contributed by atoms with E-state index in [0.29, 0.717) is 27.8 Å². The van der Waals surface area contributed by atoms with Gasteiger partial charge in [-0.1, -0.05) is 24.3 Å². The SMILES string of the molecule is Cc1ccc2c(=O)c3ccc(Nc4ccccc4)nc3n(CC(=O)O)c2c1N(C)C. The summed E-state index contributed by atoms with van der Waals surface area (Å²) in [5, 5.41) is 13.7. The monoisotopic (exact) mass is 402 g/mol. The van der Waals surface area contributed by atoms with Crippen LogP contribution in [0.5, 0.6) is 0 Å². The van der Waals surface area contributed by atoms with Gasteiger partial charge in [0.1, 0.15) is 18.0 Å². The average molecular weight is 402 g/mol. The van der Waals surface area contributed by atoms with E-state index >= 15 is 0 Å². The molecule has 2 aromatic carbocycles. The molecule has 2 heterocycles. The van der Waals surface area contributed by atoms with Gasteiger partial charge in [0.25, 0.3) is 0 Å². The summed E-state index contributed by atoms with van der Waals surface area (Å²) >= 11 is 0. The summed E-state index contributed by atoms with van der Waals surface area (Å²) in [5.74, 6) is -0.471. The van der Waals surface area contributed by atoms with Gasteiger partial charge in [0.05, 0.1) is 16.6 Å². The summed E-state index contributed by atoms with van der Waals surface area (Å²) in [7, 11) is 3.75.